The number of rotatable bonds is 8. The van der Waals surface area contributed by atoms with Crippen LogP contribution in [0.25, 0.3) is 0 Å². The van der Waals surface area contributed by atoms with Crippen LogP contribution in [0.5, 0.6) is 0 Å². The van der Waals surface area contributed by atoms with E-state index in [1.165, 1.54) is 0 Å². The van der Waals surface area contributed by atoms with E-state index in [9.17, 15) is 0 Å². The van der Waals surface area contributed by atoms with E-state index in [0.29, 0.717) is 13.2 Å². The molecule has 19 heavy (non-hydrogen) atoms. The molecule has 1 aliphatic rings. The fourth-order valence-electron chi connectivity index (χ4n) is 2.28. The average Bonchev–Trinajstić information content (AvgIpc) is 2.44. The molecule has 1 aliphatic heterocycles. The molecule has 5 atom stereocenters. The van der Waals surface area contributed by atoms with Crippen LogP contribution < -0.4 is 0 Å². The molecule has 4 unspecified atom stereocenters. The Bertz CT molecular complexity index is 260. The quantitative estimate of drug-likeness (QED) is 0.605. The van der Waals surface area contributed by atoms with Crippen molar-refractivity contribution in [3.8, 4) is 0 Å². The molecule has 112 valence electrons. The van der Waals surface area contributed by atoms with E-state index in [1.54, 1.807) is 34.5 Å². The van der Waals surface area contributed by atoms with Crippen molar-refractivity contribution in [1.82, 2.24) is 0 Å². The number of methoxy groups -OCH3 is 4. The molecule has 0 bridgehead atoms. The van der Waals surface area contributed by atoms with E-state index in [-0.39, 0.29) is 24.4 Å². The summed E-state index contributed by atoms with van der Waals surface area (Å²) < 4.78 is 33.0. The van der Waals surface area contributed by atoms with E-state index in [1.807, 2.05) is 0 Å². The maximum atomic E-state index is 5.84. The Hall–Kier alpha value is -0.500. The smallest absolute Gasteiger partial charge is 0.187 e. The van der Waals surface area contributed by atoms with E-state index in [2.05, 4.69) is 6.58 Å². The van der Waals surface area contributed by atoms with Crippen molar-refractivity contribution in [1.29, 1.82) is 0 Å². The van der Waals surface area contributed by atoms with Crippen LogP contribution in [-0.2, 0) is 28.4 Å². The first-order valence-corrected chi connectivity index (χ1v) is 6.18. The van der Waals surface area contributed by atoms with E-state index >= 15 is 0 Å². The minimum atomic E-state index is -0.542. The Morgan fingerprint density at radius 2 is 1.63 bits per heavy atom. The second-order valence-corrected chi connectivity index (χ2v) is 4.22. The zero-order valence-electron chi connectivity index (χ0n) is 12.0. The van der Waals surface area contributed by atoms with Crippen LogP contribution in [-0.4, -0.2) is 72.4 Å². The molecule has 6 nitrogen and oxygen atoms in total. The molecule has 1 rings (SSSR count). The second-order valence-electron chi connectivity index (χ2n) is 4.22. The molecular weight excluding hydrogens is 252 g/mol. The summed E-state index contributed by atoms with van der Waals surface area (Å²) in [6.45, 7) is 4.38. The molecule has 1 fully saturated rings. The molecule has 0 aromatic rings. The molecule has 1 heterocycles. The standard InChI is InChI=1S/C13H24O6/c1-6-7-18-13-12(17-5)11(16-4)10(15-3)9(19-13)8-14-2/h6,9-13H,1,7-8H2,2-5H3/t9?,10-,11?,12?,13?/m1/s1. The van der Waals surface area contributed by atoms with Gasteiger partial charge in [0.25, 0.3) is 0 Å². The summed E-state index contributed by atoms with van der Waals surface area (Å²) in [5.74, 6) is 0. The van der Waals surface area contributed by atoms with Gasteiger partial charge < -0.3 is 28.4 Å². The van der Waals surface area contributed by atoms with Gasteiger partial charge in [0, 0.05) is 28.4 Å². The maximum Gasteiger partial charge on any atom is 0.187 e. The number of ether oxygens (including phenoxy) is 6. The van der Waals surface area contributed by atoms with Gasteiger partial charge in [-0.2, -0.15) is 0 Å². The van der Waals surface area contributed by atoms with Crippen molar-refractivity contribution in [2.45, 2.75) is 30.7 Å². The summed E-state index contributed by atoms with van der Waals surface area (Å²) >= 11 is 0. The van der Waals surface area contributed by atoms with Crippen LogP contribution in [0.4, 0.5) is 0 Å². The molecule has 0 amide bonds. The maximum absolute atomic E-state index is 5.84. The highest BCUT2D eigenvalue weighted by Crippen LogP contribution is 2.27. The fourth-order valence-corrected chi connectivity index (χ4v) is 2.28. The molecular formula is C13H24O6. The highest BCUT2D eigenvalue weighted by atomic mass is 16.7. The molecule has 6 heteroatoms. The second kappa shape index (κ2) is 8.63. The summed E-state index contributed by atoms with van der Waals surface area (Å²) in [5.41, 5.74) is 0. The predicted molar refractivity (Wildman–Crippen MR) is 69.1 cm³/mol. The van der Waals surface area contributed by atoms with Gasteiger partial charge in [-0.05, 0) is 0 Å². The molecule has 0 aromatic carbocycles. The van der Waals surface area contributed by atoms with Crippen molar-refractivity contribution in [2.24, 2.45) is 0 Å². The Kier molecular flexibility index (Phi) is 7.52. The lowest BCUT2D eigenvalue weighted by atomic mass is 9.98. The largest absolute Gasteiger partial charge is 0.382 e. The van der Waals surface area contributed by atoms with Crippen molar-refractivity contribution >= 4 is 0 Å². The topological polar surface area (TPSA) is 55.4 Å². The first-order chi connectivity index (χ1) is 9.23. The summed E-state index contributed by atoms with van der Waals surface area (Å²) in [6.07, 6.45) is -0.105. The Labute approximate surface area is 114 Å². The lowest BCUT2D eigenvalue weighted by Crippen LogP contribution is -2.61. The van der Waals surface area contributed by atoms with Crippen molar-refractivity contribution in [2.75, 3.05) is 41.7 Å². The van der Waals surface area contributed by atoms with Gasteiger partial charge in [-0.1, -0.05) is 6.08 Å². The van der Waals surface area contributed by atoms with Gasteiger partial charge in [0.1, 0.15) is 24.4 Å². The van der Waals surface area contributed by atoms with Gasteiger partial charge in [0.2, 0.25) is 0 Å². The minimum absolute atomic E-state index is 0.277. The van der Waals surface area contributed by atoms with Crippen LogP contribution in [0.1, 0.15) is 0 Å². The minimum Gasteiger partial charge on any atom is -0.382 e. The van der Waals surface area contributed by atoms with Crippen molar-refractivity contribution in [3.05, 3.63) is 12.7 Å². The summed E-state index contributed by atoms with van der Waals surface area (Å²) in [5, 5.41) is 0. The molecule has 0 aromatic heterocycles. The summed E-state index contributed by atoms with van der Waals surface area (Å²) in [6, 6.07) is 0. The number of hydrogen-bond acceptors (Lipinski definition) is 6. The molecule has 0 spiro atoms. The molecule has 1 saturated heterocycles. The van der Waals surface area contributed by atoms with Gasteiger partial charge in [0.05, 0.1) is 13.2 Å². The van der Waals surface area contributed by atoms with Crippen LogP contribution in [0.2, 0.25) is 0 Å². The van der Waals surface area contributed by atoms with E-state index in [4.69, 9.17) is 28.4 Å². The van der Waals surface area contributed by atoms with Crippen LogP contribution >= 0.6 is 0 Å². The molecule has 0 aliphatic carbocycles. The lowest BCUT2D eigenvalue weighted by Gasteiger charge is -2.44. The summed E-state index contributed by atoms with van der Waals surface area (Å²) in [7, 11) is 6.43. The van der Waals surface area contributed by atoms with Crippen molar-refractivity contribution in [3.63, 3.8) is 0 Å². The number of hydrogen-bond donors (Lipinski definition) is 0. The molecule has 0 N–H and O–H groups in total. The highest BCUT2D eigenvalue weighted by Gasteiger charge is 2.47. The van der Waals surface area contributed by atoms with Crippen LogP contribution in [0, 0.1) is 0 Å². The zero-order chi connectivity index (χ0) is 14.3. The van der Waals surface area contributed by atoms with Gasteiger partial charge in [-0.3, -0.25) is 0 Å². The van der Waals surface area contributed by atoms with Gasteiger partial charge >= 0.3 is 0 Å². The predicted octanol–water partition coefficient (Wildman–Crippen LogP) is 0.605. The first kappa shape index (κ1) is 16.6. The zero-order valence-corrected chi connectivity index (χ0v) is 12.0. The highest BCUT2D eigenvalue weighted by molar-refractivity contribution is 4.92. The third-order valence-corrected chi connectivity index (χ3v) is 3.12. The third-order valence-electron chi connectivity index (χ3n) is 3.12. The fraction of sp³-hybridized carbons (Fsp3) is 0.846. The Morgan fingerprint density at radius 1 is 1.00 bits per heavy atom. The van der Waals surface area contributed by atoms with Crippen LogP contribution in [0.3, 0.4) is 0 Å². The van der Waals surface area contributed by atoms with Gasteiger partial charge in [0.15, 0.2) is 6.29 Å². The van der Waals surface area contributed by atoms with Crippen LogP contribution in [0.15, 0.2) is 12.7 Å². The SMILES string of the molecule is C=CCOC1OC(COC)[C@@H](OC)C(OC)C1OC. The molecule has 0 saturated carbocycles. The van der Waals surface area contributed by atoms with Gasteiger partial charge in [-0.25, -0.2) is 0 Å². The van der Waals surface area contributed by atoms with Crippen molar-refractivity contribution < 1.29 is 28.4 Å². The normalized spacial score (nSPS) is 35.3. The third kappa shape index (κ3) is 3.98. The lowest BCUT2D eigenvalue weighted by molar-refractivity contribution is -0.311. The summed E-state index contributed by atoms with van der Waals surface area (Å²) in [4.78, 5) is 0. The Morgan fingerprint density at radius 3 is 2.11 bits per heavy atom. The monoisotopic (exact) mass is 276 g/mol. The van der Waals surface area contributed by atoms with E-state index < -0.39 is 6.29 Å². The van der Waals surface area contributed by atoms with Gasteiger partial charge in [-0.15, -0.1) is 6.58 Å². The average molecular weight is 276 g/mol. The Balaban J connectivity index is 2.84. The molecule has 0 radical (unpaired) electrons. The first-order valence-electron chi connectivity index (χ1n) is 6.18. The van der Waals surface area contributed by atoms with E-state index in [0.717, 1.165) is 0 Å².